The number of thioether (sulfide) groups is 1. The first kappa shape index (κ1) is 10.1. The van der Waals surface area contributed by atoms with E-state index in [9.17, 15) is 0 Å². The summed E-state index contributed by atoms with van der Waals surface area (Å²) in [5.41, 5.74) is 16.5. The fraction of sp³-hybridized carbons (Fsp3) is 0.429. The summed E-state index contributed by atoms with van der Waals surface area (Å²) >= 11 is 1.46. The molecular formula is C7H13N5S. The van der Waals surface area contributed by atoms with Gasteiger partial charge in [0, 0.05) is 17.9 Å². The van der Waals surface area contributed by atoms with Crippen LogP contribution >= 0.6 is 11.8 Å². The maximum Gasteiger partial charge on any atom is 0.191 e. The van der Waals surface area contributed by atoms with Gasteiger partial charge in [0.25, 0.3) is 0 Å². The summed E-state index contributed by atoms with van der Waals surface area (Å²) in [6.07, 6.45) is 0. The van der Waals surface area contributed by atoms with Crippen LogP contribution in [0.5, 0.6) is 0 Å². The minimum atomic E-state index is 0.265. The molecule has 5 nitrogen and oxygen atoms in total. The second kappa shape index (κ2) is 4.29. The summed E-state index contributed by atoms with van der Waals surface area (Å²) in [4.78, 5) is 8.03. The van der Waals surface area contributed by atoms with E-state index in [1.165, 1.54) is 17.8 Å². The Hall–Kier alpha value is -1.01. The molecule has 0 radical (unpaired) electrons. The highest BCUT2D eigenvalue weighted by molar-refractivity contribution is 7.99. The van der Waals surface area contributed by atoms with Gasteiger partial charge < -0.3 is 17.2 Å². The lowest BCUT2D eigenvalue weighted by Gasteiger charge is -2.06. The number of hydrogen-bond acceptors (Lipinski definition) is 6. The van der Waals surface area contributed by atoms with Crippen molar-refractivity contribution in [3.63, 3.8) is 0 Å². The summed E-state index contributed by atoms with van der Waals surface area (Å²) in [5, 5.41) is 0.844. The molecule has 0 bridgehead atoms. The Morgan fingerprint density at radius 2 is 1.92 bits per heavy atom. The minimum absolute atomic E-state index is 0.265. The molecule has 1 heterocycles. The summed E-state index contributed by atoms with van der Waals surface area (Å²) in [6.45, 7) is 2.57. The third-order valence-electron chi connectivity index (χ3n) is 1.38. The molecule has 0 spiro atoms. The summed E-state index contributed by atoms with van der Waals surface area (Å²) < 4.78 is 0. The van der Waals surface area contributed by atoms with Gasteiger partial charge in [0.15, 0.2) is 5.16 Å². The van der Waals surface area contributed by atoms with E-state index in [1.54, 1.807) is 0 Å². The van der Waals surface area contributed by atoms with Gasteiger partial charge in [-0.2, -0.15) is 0 Å². The van der Waals surface area contributed by atoms with Crippen molar-refractivity contribution < 1.29 is 0 Å². The van der Waals surface area contributed by atoms with Gasteiger partial charge in [0.1, 0.15) is 11.6 Å². The smallest absolute Gasteiger partial charge is 0.191 e. The van der Waals surface area contributed by atoms with Gasteiger partial charge in [0.2, 0.25) is 0 Å². The molecule has 6 N–H and O–H groups in total. The maximum absolute atomic E-state index is 5.50. The highest BCUT2D eigenvalue weighted by Crippen LogP contribution is 2.20. The molecule has 0 aliphatic rings. The van der Waals surface area contributed by atoms with Gasteiger partial charge in [-0.3, -0.25) is 0 Å². The Balaban J connectivity index is 2.77. The van der Waals surface area contributed by atoms with Gasteiger partial charge in [-0.1, -0.05) is 18.7 Å². The lowest BCUT2D eigenvalue weighted by atomic mass is 10.5. The van der Waals surface area contributed by atoms with Crippen molar-refractivity contribution in [1.29, 1.82) is 0 Å². The van der Waals surface area contributed by atoms with Crippen LogP contribution in [-0.2, 0) is 0 Å². The fourth-order valence-corrected chi connectivity index (χ4v) is 1.52. The van der Waals surface area contributed by atoms with Gasteiger partial charge >= 0.3 is 0 Å². The van der Waals surface area contributed by atoms with Gasteiger partial charge in [-0.05, 0) is 0 Å². The van der Waals surface area contributed by atoms with E-state index in [0.29, 0.717) is 23.3 Å². The quantitative estimate of drug-likeness (QED) is 0.470. The monoisotopic (exact) mass is 199 g/mol. The highest BCUT2D eigenvalue weighted by atomic mass is 32.2. The third-order valence-corrected chi connectivity index (χ3v) is 2.37. The van der Waals surface area contributed by atoms with E-state index >= 15 is 0 Å². The van der Waals surface area contributed by atoms with Crippen LogP contribution in [0.25, 0.3) is 0 Å². The van der Waals surface area contributed by atoms with E-state index in [1.807, 2.05) is 6.92 Å². The normalized spacial score (nSPS) is 12.8. The molecule has 0 saturated carbocycles. The van der Waals surface area contributed by atoms with Crippen molar-refractivity contribution in [2.75, 3.05) is 18.0 Å². The van der Waals surface area contributed by atoms with E-state index in [4.69, 9.17) is 17.2 Å². The van der Waals surface area contributed by atoms with Crippen LogP contribution in [0.15, 0.2) is 11.2 Å². The van der Waals surface area contributed by atoms with Crippen LogP contribution in [0.3, 0.4) is 0 Å². The first-order valence-corrected chi connectivity index (χ1v) is 4.76. The minimum Gasteiger partial charge on any atom is -0.383 e. The lowest BCUT2D eigenvalue weighted by Crippen LogP contribution is -2.13. The topological polar surface area (TPSA) is 104 Å². The molecule has 1 aromatic rings. The molecule has 0 aliphatic heterocycles. The Morgan fingerprint density at radius 1 is 1.38 bits per heavy atom. The average Bonchev–Trinajstić information content (AvgIpc) is 2.02. The molecule has 1 aromatic heterocycles. The Kier molecular flexibility index (Phi) is 3.32. The van der Waals surface area contributed by atoms with E-state index in [0.717, 1.165) is 0 Å². The van der Waals surface area contributed by atoms with Crippen LogP contribution in [-0.4, -0.2) is 21.8 Å². The molecule has 0 aromatic carbocycles. The molecule has 13 heavy (non-hydrogen) atoms. The predicted octanol–water partition coefficient (Wildman–Crippen LogP) is 0.0803. The van der Waals surface area contributed by atoms with Crippen molar-refractivity contribution in [2.45, 2.75) is 17.3 Å². The number of hydrogen-bond donors (Lipinski definition) is 3. The van der Waals surface area contributed by atoms with Crippen LogP contribution in [0.2, 0.25) is 0 Å². The van der Waals surface area contributed by atoms with Crippen molar-refractivity contribution in [3.05, 3.63) is 6.07 Å². The van der Waals surface area contributed by atoms with Crippen LogP contribution in [0.4, 0.5) is 11.6 Å². The van der Waals surface area contributed by atoms with Crippen molar-refractivity contribution in [1.82, 2.24) is 9.97 Å². The number of rotatable bonds is 3. The predicted molar refractivity (Wildman–Crippen MR) is 55.2 cm³/mol. The highest BCUT2D eigenvalue weighted by Gasteiger charge is 2.05. The van der Waals surface area contributed by atoms with Gasteiger partial charge in [0.05, 0.1) is 0 Å². The zero-order chi connectivity index (χ0) is 9.84. The average molecular weight is 199 g/mol. The third kappa shape index (κ3) is 3.08. The van der Waals surface area contributed by atoms with Gasteiger partial charge in [-0.25, -0.2) is 9.97 Å². The van der Waals surface area contributed by atoms with Crippen LogP contribution in [0, 0.1) is 0 Å². The number of nitrogen functional groups attached to an aromatic ring is 2. The first-order chi connectivity index (χ1) is 6.11. The zero-order valence-electron chi connectivity index (χ0n) is 7.40. The molecular weight excluding hydrogens is 186 g/mol. The molecule has 6 heteroatoms. The fourth-order valence-electron chi connectivity index (χ4n) is 0.743. The van der Waals surface area contributed by atoms with E-state index < -0.39 is 0 Å². The molecule has 72 valence electrons. The molecule has 1 unspecified atom stereocenters. The van der Waals surface area contributed by atoms with Crippen molar-refractivity contribution in [3.8, 4) is 0 Å². The summed E-state index contributed by atoms with van der Waals surface area (Å²) in [6, 6.07) is 1.52. The first-order valence-electron chi connectivity index (χ1n) is 3.88. The van der Waals surface area contributed by atoms with Crippen LogP contribution in [0.1, 0.15) is 6.92 Å². The Labute approximate surface area is 81.1 Å². The Bertz CT molecular complexity index is 270. The Morgan fingerprint density at radius 3 is 2.38 bits per heavy atom. The van der Waals surface area contributed by atoms with Gasteiger partial charge in [-0.15, -0.1) is 0 Å². The second-order valence-corrected chi connectivity index (χ2v) is 4.07. The largest absolute Gasteiger partial charge is 0.383 e. The molecule has 1 rings (SSSR count). The van der Waals surface area contributed by atoms with E-state index in [-0.39, 0.29) is 5.25 Å². The second-order valence-electron chi connectivity index (χ2n) is 2.66. The summed E-state index contributed by atoms with van der Waals surface area (Å²) in [5.74, 6) is 0.776. The molecule has 0 aliphatic carbocycles. The number of nitrogens with two attached hydrogens (primary N) is 3. The zero-order valence-corrected chi connectivity index (χ0v) is 8.21. The molecule has 0 amide bonds. The lowest BCUT2D eigenvalue weighted by molar-refractivity contribution is 0.922. The maximum atomic E-state index is 5.50. The molecule has 0 fully saturated rings. The van der Waals surface area contributed by atoms with Crippen molar-refractivity contribution in [2.24, 2.45) is 5.73 Å². The SMILES string of the molecule is CC(CN)Sc1nc(N)cc(N)n1. The molecule has 0 saturated heterocycles. The summed E-state index contributed by atoms with van der Waals surface area (Å²) in [7, 11) is 0. The van der Waals surface area contributed by atoms with Crippen molar-refractivity contribution >= 4 is 23.4 Å². The number of anilines is 2. The number of aromatic nitrogens is 2. The molecule has 1 atom stereocenters. The van der Waals surface area contributed by atoms with Crippen LogP contribution < -0.4 is 17.2 Å². The van der Waals surface area contributed by atoms with E-state index in [2.05, 4.69) is 9.97 Å². The number of nitrogens with zero attached hydrogens (tertiary/aromatic N) is 2. The standard InChI is InChI=1S/C7H13N5S/c1-4(3-8)13-7-11-5(9)2-6(10)12-7/h2,4H,3,8H2,1H3,(H4,9,10,11,12).